The van der Waals surface area contributed by atoms with Crippen molar-refractivity contribution in [2.24, 2.45) is 0 Å². The normalized spacial score (nSPS) is 16.7. The average molecular weight is 385 g/mol. The Balaban J connectivity index is 1.77. The van der Waals surface area contributed by atoms with E-state index >= 15 is 0 Å². The molecule has 6 heteroatoms. The summed E-state index contributed by atoms with van der Waals surface area (Å²) in [5, 5.41) is 0. The minimum absolute atomic E-state index is 0.186. The van der Waals surface area contributed by atoms with Gasteiger partial charge in [0.25, 0.3) is 0 Å². The molecule has 0 radical (unpaired) electrons. The van der Waals surface area contributed by atoms with Gasteiger partial charge in [0.2, 0.25) is 0 Å². The van der Waals surface area contributed by atoms with E-state index in [9.17, 15) is 14.0 Å². The van der Waals surface area contributed by atoms with Gasteiger partial charge in [0.15, 0.2) is 0 Å². The second kappa shape index (κ2) is 8.00. The van der Waals surface area contributed by atoms with Gasteiger partial charge in [-0.3, -0.25) is 4.79 Å². The van der Waals surface area contributed by atoms with E-state index in [1.54, 1.807) is 35.2 Å². The smallest absolute Gasteiger partial charge is 0.410 e. The second-order valence-electron chi connectivity index (χ2n) is 7.84. The highest BCUT2D eigenvalue weighted by Gasteiger charge is 2.31. The van der Waals surface area contributed by atoms with Gasteiger partial charge in [-0.25, -0.2) is 9.18 Å². The van der Waals surface area contributed by atoms with Crippen LogP contribution in [0.3, 0.4) is 0 Å². The van der Waals surface area contributed by atoms with Crippen LogP contribution in [0.1, 0.15) is 37.6 Å². The van der Waals surface area contributed by atoms with E-state index in [1.165, 1.54) is 12.1 Å². The van der Waals surface area contributed by atoms with E-state index in [-0.39, 0.29) is 18.0 Å². The van der Waals surface area contributed by atoms with Gasteiger partial charge in [-0.2, -0.15) is 0 Å². The summed E-state index contributed by atoms with van der Waals surface area (Å²) < 4.78 is 24.8. The topological polar surface area (TPSA) is 55.8 Å². The van der Waals surface area contributed by atoms with Gasteiger partial charge in [-0.05, 0) is 56.7 Å². The molecular formula is C22H24FNO4. The Kier molecular flexibility index (Phi) is 5.68. The monoisotopic (exact) mass is 385 g/mol. The average Bonchev–Trinajstić information content (AvgIpc) is 3.10. The van der Waals surface area contributed by atoms with Gasteiger partial charge in [0.1, 0.15) is 29.6 Å². The van der Waals surface area contributed by atoms with Gasteiger partial charge >= 0.3 is 6.09 Å². The zero-order chi connectivity index (χ0) is 20.3. The van der Waals surface area contributed by atoms with E-state index < -0.39 is 5.60 Å². The Bertz CT molecular complexity index is 858. The van der Waals surface area contributed by atoms with Crippen molar-refractivity contribution in [1.29, 1.82) is 0 Å². The molecule has 148 valence electrons. The lowest BCUT2D eigenvalue weighted by molar-refractivity contribution is 0.0275. The maximum atomic E-state index is 13.3. The highest BCUT2D eigenvalue weighted by molar-refractivity contribution is 5.81. The summed E-state index contributed by atoms with van der Waals surface area (Å²) in [5.41, 5.74) is 1.42. The Morgan fingerprint density at radius 1 is 1.18 bits per heavy atom. The number of aldehydes is 1. The van der Waals surface area contributed by atoms with Gasteiger partial charge in [0, 0.05) is 24.1 Å². The lowest BCUT2D eigenvalue weighted by Crippen LogP contribution is -2.36. The Labute approximate surface area is 164 Å². The number of carbonyl (C=O) groups is 2. The number of likely N-dealkylation sites (tertiary alicyclic amines) is 1. The number of amides is 1. The fraction of sp³-hybridized carbons (Fsp3) is 0.364. The first-order valence-electron chi connectivity index (χ1n) is 9.25. The van der Waals surface area contributed by atoms with Gasteiger partial charge in [0.05, 0.1) is 6.54 Å². The van der Waals surface area contributed by atoms with Crippen LogP contribution >= 0.6 is 0 Å². The molecule has 0 aliphatic carbocycles. The number of rotatable bonds is 4. The van der Waals surface area contributed by atoms with Crippen LogP contribution < -0.4 is 4.74 Å². The molecule has 2 aromatic carbocycles. The van der Waals surface area contributed by atoms with Crippen molar-refractivity contribution < 1.29 is 23.5 Å². The third-order valence-electron chi connectivity index (χ3n) is 4.39. The SMILES string of the molecule is CC(C)(C)OC(=O)N1CCC(Oc2ccc(C=O)cc2-c2ccc(F)cc2)C1. The minimum Gasteiger partial charge on any atom is -0.488 e. The molecule has 28 heavy (non-hydrogen) atoms. The van der Waals surface area contributed by atoms with Crippen molar-refractivity contribution in [3.8, 4) is 16.9 Å². The van der Waals surface area contributed by atoms with Crippen LogP contribution in [0.25, 0.3) is 11.1 Å². The molecule has 0 aromatic heterocycles. The summed E-state index contributed by atoms with van der Waals surface area (Å²) in [6, 6.07) is 11.2. The van der Waals surface area contributed by atoms with Crippen LogP contribution in [0.5, 0.6) is 5.75 Å². The molecule has 0 bridgehead atoms. The number of ether oxygens (including phenoxy) is 2. The summed E-state index contributed by atoms with van der Waals surface area (Å²) >= 11 is 0. The number of nitrogens with zero attached hydrogens (tertiary/aromatic N) is 1. The number of benzene rings is 2. The molecule has 1 aliphatic rings. The highest BCUT2D eigenvalue weighted by Crippen LogP contribution is 2.33. The van der Waals surface area contributed by atoms with Crippen LogP contribution in [0, 0.1) is 5.82 Å². The predicted octanol–water partition coefficient (Wildman–Crippen LogP) is 4.69. The molecule has 1 unspecified atom stereocenters. The maximum absolute atomic E-state index is 13.3. The van der Waals surface area contributed by atoms with E-state index in [0.717, 1.165) is 11.8 Å². The second-order valence-corrected chi connectivity index (χ2v) is 7.84. The van der Waals surface area contributed by atoms with Gasteiger partial charge in [-0.1, -0.05) is 12.1 Å². The zero-order valence-electron chi connectivity index (χ0n) is 16.3. The van der Waals surface area contributed by atoms with Crippen LogP contribution in [-0.2, 0) is 4.74 Å². The molecular weight excluding hydrogens is 361 g/mol. The van der Waals surface area contributed by atoms with Gasteiger partial charge in [-0.15, -0.1) is 0 Å². The molecule has 0 N–H and O–H groups in total. The largest absolute Gasteiger partial charge is 0.488 e. The maximum Gasteiger partial charge on any atom is 0.410 e. The Morgan fingerprint density at radius 3 is 2.54 bits per heavy atom. The summed E-state index contributed by atoms with van der Waals surface area (Å²) in [6.07, 6.45) is 0.899. The third-order valence-corrected chi connectivity index (χ3v) is 4.39. The molecule has 2 aromatic rings. The first-order valence-corrected chi connectivity index (χ1v) is 9.25. The minimum atomic E-state index is -0.545. The van der Waals surface area contributed by atoms with Crippen LogP contribution in [0.4, 0.5) is 9.18 Å². The number of halogens is 1. The first kappa shape index (κ1) is 19.9. The predicted molar refractivity (Wildman–Crippen MR) is 104 cm³/mol. The van der Waals surface area contributed by atoms with E-state index in [4.69, 9.17) is 9.47 Å². The van der Waals surface area contributed by atoms with E-state index in [1.807, 2.05) is 20.8 Å². The lowest BCUT2D eigenvalue weighted by Gasteiger charge is -2.24. The molecule has 0 saturated carbocycles. The van der Waals surface area contributed by atoms with Gasteiger partial charge < -0.3 is 14.4 Å². The lowest BCUT2D eigenvalue weighted by atomic mass is 10.0. The zero-order valence-corrected chi connectivity index (χ0v) is 16.3. The molecule has 3 rings (SSSR count). The fourth-order valence-corrected chi connectivity index (χ4v) is 3.07. The van der Waals surface area contributed by atoms with E-state index in [2.05, 4.69) is 0 Å². The summed E-state index contributed by atoms with van der Waals surface area (Å²) in [4.78, 5) is 25.0. The van der Waals surface area contributed by atoms with Crippen LogP contribution in [0.15, 0.2) is 42.5 Å². The molecule has 0 spiro atoms. The van der Waals surface area contributed by atoms with E-state index in [0.29, 0.717) is 36.4 Å². The van der Waals surface area contributed by atoms with Crippen molar-refractivity contribution in [2.75, 3.05) is 13.1 Å². The Morgan fingerprint density at radius 2 is 1.89 bits per heavy atom. The Hall–Kier alpha value is -2.89. The van der Waals surface area contributed by atoms with Crippen molar-refractivity contribution in [3.05, 3.63) is 53.8 Å². The quantitative estimate of drug-likeness (QED) is 0.717. The molecule has 1 heterocycles. The third kappa shape index (κ3) is 4.88. The van der Waals surface area contributed by atoms with Crippen molar-refractivity contribution in [2.45, 2.75) is 38.9 Å². The van der Waals surface area contributed by atoms with Crippen molar-refractivity contribution >= 4 is 12.4 Å². The molecule has 5 nitrogen and oxygen atoms in total. The number of carbonyl (C=O) groups excluding carboxylic acids is 2. The molecule has 1 amide bonds. The summed E-state index contributed by atoms with van der Waals surface area (Å²) in [5.74, 6) is 0.259. The standard InChI is InChI=1S/C22H24FNO4/c1-22(2,3)28-21(26)24-11-10-18(13-24)27-20-9-4-15(14-25)12-19(20)16-5-7-17(23)8-6-16/h4-9,12,14,18H,10-11,13H2,1-3H3. The first-order chi connectivity index (χ1) is 13.2. The molecule has 1 aliphatic heterocycles. The molecule has 1 fully saturated rings. The number of hydrogen-bond acceptors (Lipinski definition) is 4. The van der Waals surface area contributed by atoms with Crippen molar-refractivity contribution in [3.63, 3.8) is 0 Å². The van der Waals surface area contributed by atoms with Crippen LogP contribution in [0.2, 0.25) is 0 Å². The number of hydrogen-bond donors (Lipinski definition) is 0. The summed E-state index contributed by atoms with van der Waals surface area (Å²) in [6.45, 7) is 6.47. The van der Waals surface area contributed by atoms with Crippen molar-refractivity contribution in [1.82, 2.24) is 4.90 Å². The fourth-order valence-electron chi connectivity index (χ4n) is 3.07. The molecule has 1 atom stereocenters. The highest BCUT2D eigenvalue weighted by atomic mass is 19.1. The molecule has 1 saturated heterocycles. The van der Waals surface area contributed by atoms with Crippen LogP contribution in [-0.4, -0.2) is 42.1 Å². The summed E-state index contributed by atoms with van der Waals surface area (Å²) in [7, 11) is 0.